The van der Waals surface area contributed by atoms with Crippen molar-refractivity contribution in [3.8, 4) is 0 Å². The number of carbonyl (C=O) groups is 1. The van der Waals surface area contributed by atoms with Crippen LogP contribution in [-0.2, 0) is 17.1 Å². The summed E-state index contributed by atoms with van der Waals surface area (Å²) in [5, 5.41) is 0. The lowest BCUT2D eigenvalue weighted by Crippen LogP contribution is -2.32. The molecule has 0 radical (unpaired) electrons. The molecule has 2 aromatic carbocycles. The lowest BCUT2D eigenvalue weighted by atomic mass is 10.1. The molecule has 3 heteroatoms. The third kappa shape index (κ3) is 4.99. The number of rotatable bonds is 8. The first-order chi connectivity index (χ1) is 12.2. The fourth-order valence-corrected chi connectivity index (χ4v) is 4.22. The summed E-state index contributed by atoms with van der Waals surface area (Å²) >= 11 is 1.97. The summed E-state index contributed by atoms with van der Waals surface area (Å²) in [6.07, 6.45) is 3.00. The Morgan fingerprint density at radius 2 is 1.64 bits per heavy atom. The quantitative estimate of drug-likeness (QED) is 0.489. The van der Waals surface area contributed by atoms with E-state index in [2.05, 4.69) is 49.0 Å². The van der Waals surface area contributed by atoms with E-state index in [1.54, 1.807) is 0 Å². The summed E-state index contributed by atoms with van der Waals surface area (Å²) in [6, 6.07) is 21.1. The lowest BCUT2D eigenvalue weighted by molar-refractivity contribution is -0.126. The number of carbonyl (C=O) groups excluding carboxylic acids is 1. The van der Waals surface area contributed by atoms with Crippen molar-refractivity contribution in [1.29, 1.82) is 0 Å². The Bertz CT molecular complexity index is 698. The van der Waals surface area contributed by atoms with E-state index < -0.39 is 0 Å². The summed E-state index contributed by atoms with van der Waals surface area (Å²) in [7, 11) is 0. The Hall–Kier alpha value is -2.00. The second-order valence-electron chi connectivity index (χ2n) is 6.56. The lowest BCUT2D eigenvalue weighted by Gasteiger charge is -2.24. The van der Waals surface area contributed by atoms with Crippen molar-refractivity contribution < 1.29 is 4.79 Å². The van der Waals surface area contributed by atoms with E-state index >= 15 is 0 Å². The van der Waals surface area contributed by atoms with E-state index in [1.807, 2.05) is 34.9 Å². The molecular formula is C22H25NOS. The third-order valence-electron chi connectivity index (χ3n) is 4.62. The minimum absolute atomic E-state index is 0.130. The molecule has 25 heavy (non-hydrogen) atoms. The first-order valence-electron chi connectivity index (χ1n) is 8.88. The fraction of sp³-hybridized carbons (Fsp3) is 0.318. The standard InChI is InChI=1S/C22H25NOS/c1-18-15-21(13-8-14-25-17-20-11-6-3-7-12-20)23(22(18)24)16-19-9-4-2-5-10-19/h2-7,9-12,21H,1,8,13-17H2. The van der Waals surface area contributed by atoms with E-state index in [4.69, 9.17) is 0 Å². The van der Waals surface area contributed by atoms with Crippen LogP contribution in [0.2, 0.25) is 0 Å². The molecule has 0 saturated carbocycles. The second kappa shape index (κ2) is 8.91. The van der Waals surface area contributed by atoms with Crippen molar-refractivity contribution in [3.63, 3.8) is 0 Å². The molecule has 2 nitrogen and oxygen atoms in total. The van der Waals surface area contributed by atoms with Gasteiger partial charge in [0.15, 0.2) is 0 Å². The van der Waals surface area contributed by atoms with Crippen molar-refractivity contribution in [2.75, 3.05) is 5.75 Å². The summed E-state index contributed by atoms with van der Waals surface area (Å²) < 4.78 is 0. The number of nitrogens with zero attached hydrogens (tertiary/aromatic N) is 1. The molecule has 1 aliphatic heterocycles. The number of thioether (sulfide) groups is 1. The maximum Gasteiger partial charge on any atom is 0.249 e. The van der Waals surface area contributed by atoms with Gasteiger partial charge in [-0.05, 0) is 36.1 Å². The zero-order valence-electron chi connectivity index (χ0n) is 14.6. The number of hydrogen-bond acceptors (Lipinski definition) is 2. The first kappa shape index (κ1) is 17.8. The summed E-state index contributed by atoms with van der Waals surface area (Å²) in [5.74, 6) is 2.32. The van der Waals surface area contributed by atoms with Crippen molar-refractivity contribution >= 4 is 17.7 Å². The van der Waals surface area contributed by atoms with Gasteiger partial charge < -0.3 is 4.90 Å². The van der Waals surface area contributed by atoms with Gasteiger partial charge in [0.2, 0.25) is 5.91 Å². The third-order valence-corrected chi connectivity index (χ3v) is 5.73. The van der Waals surface area contributed by atoms with Gasteiger partial charge in [0.1, 0.15) is 0 Å². The molecule has 0 N–H and O–H groups in total. The van der Waals surface area contributed by atoms with E-state index in [1.165, 1.54) is 11.1 Å². The van der Waals surface area contributed by atoms with Gasteiger partial charge in [0, 0.05) is 23.9 Å². The maximum absolute atomic E-state index is 12.4. The number of benzene rings is 2. The van der Waals surface area contributed by atoms with Crippen LogP contribution in [0.25, 0.3) is 0 Å². The van der Waals surface area contributed by atoms with Crippen LogP contribution in [0.4, 0.5) is 0 Å². The molecule has 0 aliphatic carbocycles. The Labute approximate surface area is 154 Å². The molecular weight excluding hydrogens is 326 g/mol. The van der Waals surface area contributed by atoms with Crippen LogP contribution in [0, 0.1) is 0 Å². The molecule has 1 amide bonds. The molecule has 0 aromatic heterocycles. The average molecular weight is 352 g/mol. The van der Waals surface area contributed by atoms with E-state index in [9.17, 15) is 4.79 Å². The molecule has 3 rings (SSSR count). The molecule has 1 saturated heterocycles. The van der Waals surface area contributed by atoms with Crippen molar-refractivity contribution in [1.82, 2.24) is 4.90 Å². The molecule has 130 valence electrons. The van der Waals surface area contributed by atoms with E-state index in [0.717, 1.165) is 36.3 Å². The highest BCUT2D eigenvalue weighted by Crippen LogP contribution is 2.28. The molecule has 0 bridgehead atoms. The summed E-state index contributed by atoms with van der Waals surface area (Å²) in [6.45, 7) is 4.66. The van der Waals surface area contributed by atoms with Gasteiger partial charge in [-0.3, -0.25) is 4.79 Å². The first-order valence-corrected chi connectivity index (χ1v) is 10.0. The van der Waals surface area contributed by atoms with Crippen LogP contribution >= 0.6 is 11.8 Å². The largest absolute Gasteiger partial charge is 0.331 e. The molecule has 1 aliphatic rings. The average Bonchev–Trinajstić information content (AvgIpc) is 2.91. The zero-order chi connectivity index (χ0) is 17.5. The molecule has 1 atom stereocenters. The van der Waals surface area contributed by atoms with Gasteiger partial charge >= 0.3 is 0 Å². The van der Waals surface area contributed by atoms with Crippen LogP contribution in [0.15, 0.2) is 72.8 Å². The Morgan fingerprint density at radius 3 is 2.32 bits per heavy atom. The van der Waals surface area contributed by atoms with Crippen LogP contribution in [0.5, 0.6) is 0 Å². The van der Waals surface area contributed by atoms with Gasteiger partial charge in [-0.1, -0.05) is 67.2 Å². The highest BCUT2D eigenvalue weighted by atomic mass is 32.2. The van der Waals surface area contributed by atoms with Crippen LogP contribution in [0.1, 0.15) is 30.4 Å². The van der Waals surface area contributed by atoms with Gasteiger partial charge in [-0.15, -0.1) is 0 Å². The second-order valence-corrected chi connectivity index (χ2v) is 7.67. The Morgan fingerprint density at radius 1 is 1.00 bits per heavy atom. The van der Waals surface area contributed by atoms with Crippen molar-refractivity contribution in [2.45, 2.75) is 37.6 Å². The minimum atomic E-state index is 0.130. The van der Waals surface area contributed by atoms with E-state index in [0.29, 0.717) is 12.6 Å². The molecule has 0 spiro atoms. The maximum atomic E-state index is 12.4. The number of hydrogen-bond donors (Lipinski definition) is 0. The number of amides is 1. The Balaban J connectivity index is 1.46. The SMILES string of the molecule is C=C1CC(CCCSCc2ccccc2)N(Cc2ccccc2)C1=O. The molecule has 1 heterocycles. The van der Waals surface area contributed by atoms with Gasteiger partial charge in [0.05, 0.1) is 0 Å². The summed E-state index contributed by atoms with van der Waals surface area (Å²) in [5.41, 5.74) is 3.33. The molecule has 1 fully saturated rings. The monoisotopic (exact) mass is 351 g/mol. The van der Waals surface area contributed by atoms with E-state index in [-0.39, 0.29) is 5.91 Å². The number of likely N-dealkylation sites (tertiary alicyclic amines) is 1. The minimum Gasteiger partial charge on any atom is -0.331 e. The highest BCUT2D eigenvalue weighted by Gasteiger charge is 2.33. The fourth-order valence-electron chi connectivity index (χ4n) is 3.28. The van der Waals surface area contributed by atoms with Crippen LogP contribution in [0.3, 0.4) is 0 Å². The normalized spacial score (nSPS) is 17.3. The van der Waals surface area contributed by atoms with Gasteiger partial charge in [-0.2, -0.15) is 11.8 Å². The van der Waals surface area contributed by atoms with Crippen molar-refractivity contribution in [3.05, 3.63) is 83.9 Å². The predicted molar refractivity (Wildman–Crippen MR) is 106 cm³/mol. The smallest absolute Gasteiger partial charge is 0.249 e. The highest BCUT2D eigenvalue weighted by molar-refractivity contribution is 7.98. The summed E-state index contributed by atoms with van der Waals surface area (Å²) in [4.78, 5) is 14.4. The van der Waals surface area contributed by atoms with Gasteiger partial charge in [0.25, 0.3) is 0 Å². The zero-order valence-corrected chi connectivity index (χ0v) is 15.4. The van der Waals surface area contributed by atoms with Crippen LogP contribution < -0.4 is 0 Å². The predicted octanol–water partition coefficient (Wildman–Crippen LogP) is 5.06. The molecule has 2 aromatic rings. The topological polar surface area (TPSA) is 20.3 Å². The van der Waals surface area contributed by atoms with Crippen molar-refractivity contribution in [2.24, 2.45) is 0 Å². The molecule has 1 unspecified atom stereocenters. The van der Waals surface area contributed by atoms with Gasteiger partial charge in [-0.25, -0.2) is 0 Å². The Kier molecular flexibility index (Phi) is 6.35. The van der Waals surface area contributed by atoms with Crippen LogP contribution in [-0.4, -0.2) is 22.6 Å².